The topological polar surface area (TPSA) is 12.0 Å². The third-order valence-electron chi connectivity index (χ3n) is 3.01. The molecule has 15 heavy (non-hydrogen) atoms. The van der Waals surface area contributed by atoms with E-state index in [0.29, 0.717) is 0 Å². The zero-order chi connectivity index (χ0) is 11.1. The minimum absolute atomic E-state index is 0.726. The summed E-state index contributed by atoms with van der Waals surface area (Å²) in [6.07, 6.45) is 3.81. The lowest BCUT2D eigenvalue weighted by molar-refractivity contribution is 0.549. The highest BCUT2D eigenvalue weighted by Crippen LogP contribution is 2.26. The van der Waals surface area contributed by atoms with Crippen LogP contribution in [0.25, 0.3) is 0 Å². The first-order valence-corrected chi connectivity index (χ1v) is 5.99. The largest absolute Gasteiger partial charge is 0.320 e. The monoisotopic (exact) mass is 205 g/mol. The Morgan fingerprint density at radius 2 is 1.93 bits per heavy atom. The first-order chi connectivity index (χ1) is 7.29. The minimum atomic E-state index is 0.726. The normalized spacial score (nSPS) is 12.7. The van der Waals surface area contributed by atoms with Gasteiger partial charge in [0.2, 0.25) is 0 Å². The molecule has 1 unspecified atom stereocenters. The SMILES string of the molecule is CCCC(CCNC)c1ccccc1C. The van der Waals surface area contributed by atoms with Crippen LogP contribution in [0.2, 0.25) is 0 Å². The fourth-order valence-corrected chi connectivity index (χ4v) is 2.17. The van der Waals surface area contributed by atoms with Gasteiger partial charge in [0.15, 0.2) is 0 Å². The summed E-state index contributed by atoms with van der Waals surface area (Å²) in [6, 6.07) is 8.78. The third kappa shape index (κ3) is 3.67. The summed E-state index contributed by atoms with van der Waals surface area (Å²) < 4.78 is 0. The summed E-state index contributed by atoms with van der Waals surface area (Å²) in [7, 11) is 2.03. The molecule has 0 saturated carbocycles. The summed E-state index contributed by atoms with van der Waals surface area (Å²) in [5, 5.41) is 3.25. The van der Waals surface area contributed by atoms with Gasteiger partial charge >= 0.3 is 0 Å². The van der Waals surface area contributed by atoms with Crippen LogP contribution < -0.4 is 5.32 Å². The van der Waals surface area contributed by atoms with Crippen molar-refractivity contribution < 1.29 is 0 Å². The maximum Gasteiger partial charge on any atom is -0.00461 e. The van der Waals surface area contributed by atoms with Crippen molar-refractivity contribution in [1.29, 1.82) is 0 Å². The van der Waals surface area contributed by atoms with E-state index in [9.17, 15) is 0 Å². The van der Waals surface area contributed by atoms with E-state index in [-0.39, 0.29) is 0 Å². The fraction of sp³-hybridized carbons (Fsp3) is 0.571. The summed E-state index contributed by atoms with van der Waals surface area (Å²) in [5.74, 6) is 0.726. The lowest BCUT2D eigenvalue weighted by Gasteiger charge is -2.18. The van der Waals surface area contributed by atoms with Crippen molar-refractivity contribution in [3.8, 4) is 0 Å². The van der Waals surface area contributed by atoms with Gasteiger partial charge in [-0.1, -0.05) is 37.6 Å². The summed E-state index contributed by atoms with van der Waals surface area (Å²) in [5.41, 5.74) is 2.97. The van der Waals surface area contributed by atoms with Crippen molar-refractivity contribution >= 4 is 0 Å². The zero-order valence-electron chi connectivity index (χ0n) is 10.2. The highest BCUT2D eigenvalue weighted by Gasteiger charge is 2.11. The Hall–Kier alpha value is -0.820. The van der Waals surface area contributed by atoms with E-state index in [1.54, 1.807) is 0 Å². The van der Waals surface area contributed by atoms with Crippen LogP contribution in [0.4, 0.5) is 0 Å². The van der Waals surface area contributed by atoms with E-state index < -0.39 is 0 Å². The number of hydrogen-bond donors (Lipinski definition) is 1. The molecule has 0 amide bonds. The van der Waals surface area contributed by atoms with Crippen molar-refractivity contribution in [3.05, 3.63) is 35.4 Å². The molecule has 1 atom stereocenters. The van der Waals surface area contributed by atoms with Gasteiger partial charge in [0.25, 0.3) is 0 Å². The maximum atomic E-state index is 3.25. The molecular formula is C14H23N. The molecule has 1 heteroatoms. The molecule has 0 spiro atoms. The van der Waals surface area contributed by atoms with Gasteiger partial charge in [-0.15, -0.1) is 0 Å². The highest BCUT2D eigenvalue weighted by molar-refractivity contribution is 5.29. The van der Waals surface area contributed by atoms with Gasteiger partial charge in [-0.3, -0.25) is 0 Å². The van der Waals surface area contributed by atoms with Crippen molar-refractivity contribution in [1.82, 2.24) is 5.32 Å². The van der Waals surface area contributed by atoms with Crippen LogP contribution in [0.1, 0.15) is 43.2 Å². The predicted molar refractivity (Wildman–Crippen MR) is 67.4 cm³/mol. The third-order valence-corrected chi connectivity index (χ3v) is 3.01. The Labute approximate surface area is 93.9 Å². The van der Waals surface area contributed by atoms with Gasteiger partial charge in [-0.25, -0.2) is 0 Å². The second-order valence-electron chi connectivity index (χ2n) is 4.23. The van der Waals surface area contributed by atoms with Crippen molar-refractivity contribution in [2.75, 3.05) is 13.6 Å². The molecular weight excluding hydrogens is 182 g/mol. The Kier molecular flexibility index (Phi) is 5.41. The molecule has 0 aromatic heterocycles. The molecule has 1 nitrogen and oxygen atoms in total. The standard InChI is InChI=1S/C14H23N/c1-4-7-13(10-11-15-3)14-9-6-5-8-12(14)2/h5-6,8-9,13,15H,4,7,10-11H2,1-3H3. The molecule has 1 aromatic carbocycles. The molecule has 0 aliphatic rings. The summed E-state index contributed by atoms with van der Waals surface area (Å²) in [6.45, 7) is 5.60. The molecule has 1 aromatic rings. The van der Waals surface area contributed by atoms with Gasteiger partial charge < -0.3 is 5.32 Å². The molecule has 1 rings (SSSR count). The smallest absolute Gasteiger partial charge is 0.00461 e. The Morgan fingerprint density at radius 1 is 1.20 bits per heavy atom. The first kappa shape index (κ1) is 12.3. The first-order valence-electron chi connectivity index (χ1n) is 5.99. The minimum Gasteiger partial charge on any atom is -0.320 e. The van der Waals surface area contributed by atoms with Crippen molar-refractivity contribution in [3.63, 3.8) is 0 Å². The number of nitrogens with one attached hydrogen (secondary N) is 1. The van der Waals surface area contributed by atoms with E-state index in [1.807, 2.05) is 7.05 Å². The van der Waals surface area contributed by atoms with Crippen LogP contribution in [0, 0.1) is 6.92 Å². The second-order valence-corrected chi connectivity index (χ2v) is 4.23. The molecule has 0 saturated heterocycles. The predicted octanol–water partition coefficient (Wildman–Crippen LogP) is 3.49. The van der Waals surface area contributed by atoms with Crippen LogP contribution in [0.5, 0.6) is 0 Å². The Morgan fingerprint density at radius 3 is 2.53 bits per heavy atom. The molecule has 1 N–H and O–H groups in total. The average molecular weight is 205 g/mol. The van der Waals surface area contributed by atoms with Gasteiger partial charge in [0, 0.05) is 0 Å². The summed E-state index contributed by atoms with van der Waals surface area (Å²) in [4.78, 5) is 0. The summed E-state index contributed by atoms with van der Waals surface area (Å²) >= 11 is 0. The van der Waals surface area contributed by atoms with Gasteiger partial charge in [0.05, 0.1) is 0 Å². The molecule has 0 bridgehead atoms. The van der Waals surface area contributed by atoms with Crippen LogP contribution in [-0.2, 0) is 0 Å². The fourth-order valence-electron chi connectivity index (χ4n) is 2.17. The number of rotatable bonds is 6. The van der Waals surface area contributed by atoms with Crippen molar-refractivity contribution in [2.45, 2.75) is 39.0 Å². The maximum absolute atomic E-state index is 3.25. The van der Waals surface area contributed by atoms with Gasteiger partial charge in [0.1, 0.15) is 0 Å². The van der Waals surface area contributed by atoms with Crippen LogP contribution >= 0.6 is 0 Å². The van der Waals surface area contributed by atoms with E-state index in [1.165, 1.54) is 30.4 Å². The van der Waals surface area contributed by atoms with Crippen LogP contribution in [0.15, 0.2) is 24.3 Å². The van der Waals surface area contributed by atoms with E-state index in [0.717, 1.165) is 12.5 Å². The van der Waals surface area contributed by atoms with Crippen LogP contribution in [-0.4, -0.2) is 13.6 Å². The Balaban J connectivity index is 2.74. The quantitative estimate of drug-likeness (QED) is 0.749. The van der Waals surface area contributed by atoms with E-state index >= 15 is 0 Å². The molecule has 84 valence electrons. The number of benzene rings is 1. The van der Waals surface area contributed by atoms with Gasteiger partial charge in [-0.05, 0) is 50.4 Å². The van der Waals surface area contributed by atoms with Gasteiger partial charge in [-0.2, -0.15) is 0 Å². The number of aryl methyl sites for hydroxylation is 1. The molecule has 0 aliphatic heterocycles. The lowest BCUT2D eigenvalue weighted by Crippen LogP contribution is -2.12. The lowest BCUT2D eigenvalue weighted by atomic mass is 9.88. The highest BCUT2D eigenvalue weighted by atomic mass is 14.8. The van der Waals surface area contributed by atoms with Crippen LogP contribution in [0.3, 0.4) is 0 Å². The molecule has 0 aliphatic carbocycles. The zero-order valence-corrected chi connectivity index (χ0v) is 10.2. The van der Waals surface area contributed by atoms with E-state index in [4.69, 9.17) is 0 Å². The Bertz CT molecular complexity index is 280. The average Bonchev–Trinajstić information content (AvgIpc) is 2.25. The second kappa shape index (κ2) is 6.62. The van der Waals surface area contributed by atoms with E-state index in [2.05, 4.69) is 43.4 Å². The molecule has 0 radical (unpaired) electrons. The molecule has 0 fully saturated rings. The molecule has 0 heterocycles. The number of hydrogen-bond acceptors (Lipinski definition) is 1. The van der Waals surface area contributed by atoms with Crippen molar-refractivity contribution in [2.24, 2.45) is 0 Å².